The van der Waals surface area contributed by atoms with Crippen LogP contribution in [0.5, 0.6) is 0 Å². The summed E-state index contributed by atoms with van der Waals surface area (Å²) in [5, 5.41) is 6.25. The molecular formula is C13H19N3O. The van der Waals surface area contributed by atoms with Crippen LogP contribution < -0.4 is 10.6 Å². The molecular weight excluding hydrogens is 214 g/mol. The molecule has 0 saturated carbocycles. The van der Waals surface area contributed by atoms with E-state index in [0.29, 0.717) is 12.5 Å². The lowest BCUT2D eigenvalue weighted by molar-refractivity contribution is -0.116. The molecule has 1 saturated heterocycles. The number of aryl methyl sites for hydroxylation is 1. The van der Waals surface area contributed by atoms with E-state index in [1.54, 1.807) is 6.20 Å². The number of nitrogens with one attached hydrogen (secondary N) is 2. The molecule has 1 aliphatic heterocycles. The van der Waals surface area contributed by atoms with Gasteiger partial charge in [-0.3, -0.25) is 9.78 Å². The van der Waals surface area contributed by atoms with Crippen molar-refractivity contribution in [2.75, 3.05) is 11.9 Å². The lowest BCUT2D eigenvalue weighted by Gasteiger charge is -2.09. The Morgan fingerprint density at radius 2 is 2.47 bits per heavy atom. The molecule has 2 N–H and O–H groups in total. The summed E-state index contributed by atoms with van der Waals surface area (Å²) >= 11 is 0. The quantitative estimate of drug-likeness (QED) is 0.834. The molecule has 1 fully saturated rings. The van der Waals surface area contributed by atoms with Gasteiger partial charge in [-0.25, -0.2) is 0 Å². The van der Waals surface area contributed by atoms with Crippen LogP contribution in [-0.4, -0.2) is 23.5 Å². The predicted molar refractivity (Wildman–Crippen MR) is 67.9 cm³/mol. The van der Waals surface area contributed by atoms with E-state index in [2.05, 4.69) is 15.6 Å². The van der Waals surface area contributed by atoms with Gasteiger partial charge in [0.25, 0.3) is 0 Å². The predicted octanol–water partition coefficient (Wildman–Crippen LogP) is 1.86. The summed E-state index contributed by atoms with van der Waals surface area (Å²) in [6, 6.07) is 4.30. The van der Waals surface area contributed by atoms with Crippen molar-refractivity contribution < 1.29 is 4.79 Å². The van der Waals surface area contributed by atoms with E-state index in [0.717, 1.165) is 24.3 Å². The van der Waals surface area contributed by atoms with E-state index in [-0.39, 0.29) is 5.91 Å². The first-order valence-electron chi connectivity index (χ1n) is 6.20. The second-order valence-corrected chi connectivity index (χ2v) is 4.57. The first-order valence-corrected chi connectivity index (χ1v) is 6.20. The zero-order valence-electron chi connectivity index (χ0n) is 10.2. The highest BCUT2D eigenvalue weighted by molar-refractivity contribution is 5.90. The van der Waals surface area contributed by atoms with Gasteiger partial charge in [-0.15, -0.1) is 0 Å². The first-order chi connectivity index (χ1) is 8.24. The lowest BCUT2D eigenvalue weighted by Crippen LogP contribution is -2.23. The van der Waals surface area contributed by atoms with Crippen molar-refractivity contribution in [3.8, 4) is 0 Å². The Morgan fingerprint density at radius 1 is 1.59 bits per heavy atom. The van der Waals surface area contributed by atoms with Gasteiger partial charge in [0.15, 0.2) is 0 Å². The van der Waals surface area contributed by atoms with Gasteiger partial charge in [0.05, 0.1) is 11.9 Å². The third-order valence-electron chi connectivity index (χ3n) is 3.08. The Morgan fingerprint density at radius 3 is 3.12 bits per heavy atom. The average Bonchev–Trinajstić information content (AvgIpc) is 2.83. The molecule has 1 aliphatic rings. The van der Waals surface area contributed by atoms with E-state index in [1.807, 2.05) is 19.1 Å². The summed E-state index contributed by atoms with van der Waals surface area (Å²) < 4.78 is 0. The molecule has 0 radical (unpaired) electrons. The molecule has 2 rings (SSSR count). The smallest absolute Gasteiger partial charge is 0.224 e. The SMILES string of the molecule is Cc1ccc(NC(=O)CCC2CCCN2)cn1. The number of aromatic nitrogens is 1. The third-order valence-corrected chi connectivity index (χ3v) is 3.08. The van der Waals surface area contributed by atoms with Gasteiger partial charge in [0, 0.05) is 18.2 Å². The highest BCUT2D eigenvalue weighted by Gasteiger charge is 2.15. The number of nitrogens with zero attached hydrogens (tertiary/aromatic N) is 1. The maximum absolute atomic E-state index is 11.7. The van der Waals surface area contributed by atoms with Crippen molar-refractivity contribution >= 4 is 11.6 Å². The maximum atomic E-state index is 11.7. The van der Waals surface area contributed by atoms with Gasteiger partial charge in [0.2, 0.25) is 5.91 Å². The van der Waals surface area contributed by atoms with Crippen LogP contribution in [0.15, 0.2) is 18.3 Å². The minimum absolute atomic E-state index is 0.0735. The van der Waals surface area contributed by atoms with E-state index in [1.165, 1.54) is 12.8 Å². The summed E-state index contributed by atoms with van der Waals surface area (Å²) in [4.78, 5) is 15.8. The largest absolute Gasteiger partial charge is 0.325 e. The number of hydrogen-bond donors (Lipinski definition) is 2. The van der Waals surface area contributed by atoms with Crippen LogP contribution in [0.1, 0.15) is 31.4 Å². The third kappa shape index (κ3) is 3.82. The van der Waals surface area contributed by atoms with Gasteiger partial charge in [0.1, 0.15) is 0 Å². The minimum atomic E-state index is 0.0735. The van der Waals surface area contributed by atoms with Gasteiger partial charge in [-0.1, -0.05) is 0 Å². The molecule has 0 bridgehead atoms. The van der Waals surface area contributed by atoms with Crippen LogP contribution >= 0.6 is 0 Å². The fourth-order valence-corrected chi connectivity index (χ4v) is 2.07. The van der Waals surface area contributed by atoms with Crippen molar-refractivity contribution in [1.29, 1.82) is 0 Å². The van der Waals surface area contributed by atoms with Gasteiger partial charge < -0.3 is 10.6 Å². The Balaban J connectivity index is 1.74. The number of anilines is 1. The normalized spacial score (nSPS) is 19.2. The number of rotatable bonds is 4. The molecule has 92 valence electrons. The Hall–Kier alpha value is -1.42. The number of amides is 1. The summed E-state index contributed by atoms with van der Waals surface area (Å²) in [5.41, 5.74) is 1.73. The molecule has 1 amide bonds. The summed E-state index contributed by atoms with van der Waals surface area (Å²) in [6.07, 6.45) is 5.62. The summed E-state index contributed by atoms with van der Waals surface area (Å²) in [6.45, 7) is 3.02. The zero-order valence-corrected chi connectivity index (χ0v) is 10.2. The van der Waals surface area contributed by atoms with Crippen molar-refractivity contribution in [3.63, 3.8) is 0 Å². The monoisotopic (exact) mass is 233 g/mol. The van der Waals surface area contributed by atoms with E-state index < -0.39 is 0 Å². The second kappa shape index (κ2) is 5.77. The Kier molecular flexibility index (Phi) is 4.09. The fraction of sp³-hybridized carbons (Fsp3) is 0.538. The van der Waals surface area contributed by atoms with Crippen molar-refractivity contribution in [2.45, 2.75) is 38.6 Å². The lowest BCUT2D eigenvalue weighted by atomic mass is 10.1. The summed E-state index contributed by atoms with van der Waals surface area (Å²) in [7, 11) is 0. The van der Waals surface area contributed by atoms with Crippen molar-refractivity contribution in [2.24, 2.45) is 0 Å². The first kappa shape index (κ1) is 12.0. The highest BCUT2D eigenvalue weighted by Crippen LogP contribution is 2.12. The molecule has 0 aliphatic carbocycles. The van der Waals surface area contributed by atoms with Gasteiger partial charge >= 0.3 is 0 Å². The molecule has 1 aromatic rings. The highest BCUT2D eigenvalue weighted by atomic mass is 16.1. The molecule has 1 atom stereocenters. The molecule has 1 aromatic heterocycles. The van der Waals surface area contributed by atoms with E-state index in [4.69, 9.17) is 0 Å². The molecule has 1 unspecified atom stereocenters. The zero-order chi connectivity index (χ0) is 12.1. The fourth-order valence-electron chi connectivity index (χ4n) is 2.07. The van der Waals surface area contributed by atoms with Gasteiger partial charge in [-0.2, -0.15) is 0 Å². The van der Waals surface area contributed by atoms with Crippen molar-refractivity contribution in [3.05, 3.63) is 24.0 Å². The van der Waals surface area contributed by atoms with Crippen LogP contribution in [0.2, 0.25) is 0 Å². The van der Waals surface area contributed by atoms with Crippen LogP contribution in [0, 0.1) is 6.92 Å². The van der Waals surface area contributed by atoms with Crippen LogP contribution in [0.25, 0.3) is 0 Å². The number of carbonyl (C=O) groups excluding carboxylic acids is 1. The minimum Gasteiger partial charge on any atom is -0.325 e. The van der Waals surface area contributed by atoms with Crippen LogP contribution in [-0.2, 0) is 4.79 Å². The Labute approximate surface area is 102 Å². The van der Waals surface area contributed by atoms with E-state index in [9.17, 15) is 4.79 Å². The average molecular weight is 233 g/mol. The molecule has 2 heterocycles. The van der Waals surface area contributed by atoms with Gasteiger partial charge in [-0.05, 0) is 44.9 Å². The maximum Gasteiger partial charge on any atom is 0.224 e. The number of pyridine rings is 1. The van der Waals surface area contributed by atoms with Crippen LogP contribution in [0.4, 0.5) is 5.69 Å². The molecule has 0 aromatic carbocycles. The van der Waals surface area contributed by atoms with E-state index >= 15 is 0 Å². The number of carbonyl (C=O) groups is 1. The molecule has 4 heteroatoms. The second-order valence-electron chi connectivity index (χ2n) is 4.57. The van der Waals surface area contributed by atoms with Crippen molar-refractivity contribution in [1.82, 2.24) is 10.3 Å². The molecule has 0 spiro atoms. The molecule has 4 nitrogen and oxygen atoms in total. The topological polar surface area (TPSA) is 54.0 Å². The van der Waals surface area contributed by atoms with Crippen LogP contribution in [0.3, 0.4) is 0 Å². The molecule has 17 heavy (non-hydrogen) atoms. The Bertz CT molecular complexity index is 369. The standard InChI is InChI=1S/C13H19N3O/c1-10-4-5-12(9-15-10)16-13(17)7-6-11-3-2-8-14-11/h4-5,9,11,14H,2-3,6-8H2,1H3,(H,16,17). The summed E-state index contributed by atoms with van der Waals surface area (Å²) in [5.74, 6) is 0.0735. The number of hydrogen-bond acceptors (Lipinski definition) is 3.